The van der Waals surface area contributed by atoms with E-state index in [2.05, 4.69) is 12.2 Å². The van der Waals surface area contributed by atoms with Crippen LogP contribution in [-0.2, 0) is 4.79 Å². The van der Waals surface area contributed by atoms with Crippen LogP contribution in [0.25, 0.3) is 0 Å². The summed E-state index contributed by atoms with van der Waals surface area (Å²) < 4.78 is 0. The molecule has 4 heteroatoms. The van der Waals surface area contributed by atoms with E-state index in [1.54, 1.807) is 0 Å². The van der Waals surface area contributed by atoms with Crippen LogP contribution in [0.3, 0.4) is 0 Å². The molecule has 2 heterocycles. The van der Waals surface area contributed by atoms with Crippen LogP contribution in [0.5, 0.6) is 0 Å². The maximum absolute atomic E-state index is 12.5. The molecule has 2 aliphatic rings. The van der Waals surface area contributed by atoms with E-state index in [9.17, 15) is 9.90 Å². The summed E-state index contributed by atoms with van der Waals surface area (Å²) in [4.78, 5) is 14.3. The molecule has 16 heavy (non-hydrogen) atoms. The number of likely N-dealkylation sites (tertiary alicyclic amines) is 1. The highest BCUT2D eigenvalue weighted by Crippen LogP contribution is 2.34. The molecule has 0 aromatic rings. The van der Waals surface area contributed by atoms with Crippen molar-refractivity contribution in [2.24, 2.45) is 5.41 Å². The molecule has 2 aliphatic heterocycles. The second kappa shape index (κ2) is 4.72. The van der Waals surface area contributed by atoms with Crippen molar-refractivity contribution in [1.29, 1.82) is 0 Å². The maximum atomic E-state index is 12.5. The van der Waals surface area contributed by atoms with Crippen molar-refractivity contribution < 1.29 is 9.90 Å². The second-order valence-corrected chi connectivity index (χ2v) is 5.15. The first-order chi connectivity index (χ1) is 7.68. The number of aliphatic hydroxyl groups is 1. The largest absolute Gasteiger partial charge is 0.391 e. The summed E-state index contributed by atoms with van der Waals surface area (Å²) in [7, 11) is 0. The Balaban J connectivity index is 2.05. The van der Waals surface area contributed by atoms with Crippen LogP contribution in [-0.4, -0.2) is 48.2 Å². The van der Waals surface area contributed by atoms with Gasteiger partial charge in [0.2, 0.25) is 5.91 Å². The topological polar surface area (TPSA) is 52.6 Å². The fourth-order valence-corrected chi connectivity index (χ4v) is 2.99. The van der Waals surface area contributed by atoms with Gasteiger partial charge in [-0.25, -0.2) is 0 Å². The van der Waals surface area contributed by atoms with Gasteiger partial charge in [-0.15, -0.1) is 0 Å². The van der Waals surface area contributed by atoms with Crippen molar-refractivity contribution in [3.8, 4) is 0 Å². The van der Waals surface area contributed by atoms with Crippen molar-refractivity contribution >= 4 is 5.91 Å². The Morgan fingerprint density at radius 3 is 2.94 bits per heavy atom. The van der Waals surface area contributed by atoms with E-state index in [-0.39, 0.29) is 17.4 Å². The first kappa shape index (κ1) is 11.9. The molecule has 2 saturated heterocycles. The molecule has 92 valence electrons. The highest BCUT2D eigenvalue weighted by Gasteiger charge is 2.43. The first-order valence-electron chi connectivity index (χ1n) is 6.36. The average molecular weight is 226 g/mol. The molecule has 2 atom stereocenters. The molecule has 2 rings (SSSR count). The molecule has 0 saturated carbocycles. The third-order valence-corrected chi connectivity index (χ3v) is 3.88. The van der Waals surface area contributed by atoms with Gasteiger partial charge in [0.1, 0.15) is 0 Å². The highest BCUT2D eigenvalue weighted by atomic mass is 16.3. The molecule has 2 N–H and O–H groups in total. The Bertz CT molecular complexity index is 262. The van der Waals surface area contributed by atoms with Crippen LogP contribution >= 0.6 is 0 Å². The molecular formula is C12H22N2O2. The Hall–Kier alpha value is -0.610. The summed E-state index contributed by atoms with van der Waals surface area (Å²) in [5, 5.41) is 12.8. The number of nitrogens with zero attached hydrogens (tertiary/aromatic N) is 1. The fraction of sp³-hybridized carbons (Fsp3) is 0.917. The number of amides is 1. The fourth-order valence-electron chi connectivity index (χ4n) is 2.99. The van der Waals surface area contributed by atoms with E-state index >= 15 is 0 Å². The van der Waals surface area contributed by atoms with Crippen molar-refractivity contribution in [2.75, 3.05) is 26.2 Å². The number of hydrogen-bond acceptors (Lipinski definition) is 3. The first-order valence-corrected chi connectivity index (χ1v) is 6.36. The van der Waals surface area contributed by atoms with Crippen molar-refractivity contribution in [1.82, 2.24) is 10.2 Å². The van der Waals surface area contributed by atoms with Crippen molar-refractivity contribution in [2.45, 2.75) is 38.7 Å². The predicted molar refractivity (Wildman–Crippen MR) is 62.0 cm³/mol. The number of hydrogen-bond donors (Lipinski definition) is 2. The van der Waals surface area contributed by atoms with Crippen LogP contribution in [0.4, 0.5) is 0 Å². The van der Waals surface area contributed by atoms with Gasteiger partial charge >= 0.3 is 0 Å². The summed E-state index contributed by atoms with van der Waals surface area (Å²) in [6, 6.07) is 0. The zero-order chi connectivity index (χ0) is 11.6. The lowest BCUT2D eigenvalue weighted by Crippen LogP contribution is -2.44. The Labute approximate surface area is 97.0 Å². The normalized spacial score (nSPS) is 34.6. The van der Waals surface area contributed by atoms with Gasteiger partial charge in [0.05, 0.1) is 11.5 Å². The number of nitrogens with one attached hydrogen (secondary N) is 1. The van der Waals surface area contributed by atoms with Gasteiger partial charge in [0.15, 0.2) is 0 Å². The lowest BCUT2D eigenvalue weighted by Gasteiger charge is -2.31. The van der Waals surface area contributed by atoms with Crippen LogP contribution in [0.2, 0.25) is 0 Å². The molecule has 0 aromatic carbocycles. The van der Waals surface area contributed by atoms with E-state index in [1.165, 1.54) is 0 Å². The number of β-amino-alcohol motifs (C(OH)–C–C–N with tert-alkyl or cyclic N) is 1. The van der Waals surface area contributed by atoms with Crippen molar-refractivity contribution in [3.63, 3.8) is 0 Å². The number of carbonyl (C=O) groups is 1. The molecule has 0 aliphatic carbocycles. The van der Waals surface area contributed by atoms with Gasteiger partial charge in [-0.3, -0.25) is 4.79 Å². The Morgan fingerprint density at radius 2 is 2.44 bits per heavy atom. The SMILES string of the molecule is CCCC1(C(=O)N2CCC(O)C2)CCNC1. The maximum Gasteiger partial charge on any atom is 0.230 e. The monoisotopic (exact) mass is 226 g/mol. The van der Waals surface area contributed by atoms with E-state index in [1.807, 2.05) is 4.90 Å². The summed E-state index contributed by atoms with van der Waals surface area (Å²) in [5.74, 6) is 0.260. The van der Waals surface area contributed by atoms with E-state index in [0.29, 0.717) is 6.54 Å². The van der Waals surface area contributed by atoms with Crippen LogP contribution < -0.4 is 5.32 Å². The second-order valence-electron chi connectivity index (χ2n) is 5.15. The minimum atomic E-state index is -0.308. The smallest absolute Gasteiger partial charge is 0.230 e. The third kappa shape index (κ3) is 2.09. The number of rotatable bonds is 3. The quantitative estimate of drug-likeness (QED) is 0.730. The van der Waals surface area contributed by atoms with Crippen LogP contribution in [0.1, 0.15) is 32.6 Å². The molecular weight excluding hydrogens is 204 g/mol. The predicted octanol–water partition coefficient (Wildman–Crippen LogP) is 0.359. The molecule has 1 amide bonds. The molecule has 0 radical (unpaired) electrons. The summed E-state index contributed by atoms with van der Waals surface area (Å²) in [6.45, 7) is 5.15. The molecule has 4 nitrogen and oxygen atoms in total. The molecule has 2 fully saturated rings. The Morgan fingerprint density at radius 1 is 1.62 bits per heavy atom. The van der Waals surface area contributed by atoms with E-state index < -0.39 is 0 Å². The third-order valence-electron chi connectivity index (χ3n) is 3.88. The van der Waals surface area contributed by atoms with Gasteiger partial charge in [-0.1, -0.05) is 13.3 Å². The molecule has 2 unspecified atom stereocenters. The van der Waals surface area contributed by atoms with E-state index in [0.717, 1.165) is 45.3 Å². The zero-order valence-corrected chi connectivity index (χ0v) is 10.0. The summed E-state index contributed by atoms with van der Waals surface area (Å²) >= 11 is 0. The van der Waals surface area contributed by atoms with Gasteiger partial charge in [-0.05, 0) is 25.8 Å². The summed E-state index contributed by atoms with van der Waals surface area (Å²) in [5.41, 5.74) is -0.182. The number of carbonyl (C=O) groups excluding carboxylic acids is 1. The van der Waals surface area contributed by atoms with E-state index in [4.69, 9.17) is 0 Å². The lowest BCUT2D eigenvalue weighted by molar-refractivity contribution is -0.140. The van der Waals surface area contributed by atoms with Gasteiger partial charge in [0, 0.05) is 19.6 Å². The van der Waals surface area contributed by atoms with Gasteiger partial charge in [-0.2, -0.15) is 0 Å². The lowest BCUT2D eigenvalue weighted by atomic mass is 9.81. The molecule has 0 aromatic heterocycles. The minimum absolute atomic E-state index is 0.182. The average Bonchev–Trinajstić information content (AvgIpc) is 2.87. The minimum Gasteiger partial charge on any atom is -0.391 e. The summed E-state index contributed by atoms with van der Waals surface area (Å²) in [6.07, 6.45) is 3.39. The highest BCUT2D eigenvalue weighted by molar-refractivity contribution is 5.83. The van der Waals surface area contributed by atoms with Crippen LogP contribution in [0.15, 0.2) is 0 Å². The van der Waals surface area contributed by atoms with Gasteiger partial charge < -0.3 is 15.3 Å². The molecule has 0 bridgehead atoms. The molecule has 0 spiro atoms. The van der Waals surface area contributed by atoms with Gasteiger partial charge in [0.25, 0.3) is 0 Å². The standard InChI is InChI=1S/C12H22N2O2/c1-2-4-12(5-6-13-9-12)11(16)14-7-3-10(15)8-14/h10,13,15H,2-9H2,1H3. The Kier molecular flexibility index (Phi) is 3.50. The van der Waals surface area contributed by atoms with Crippen LogP contribution in [0, 0.1) is 5.41 Å². The number of aliphatic hydroxyl groups excluding tert-OH is 1. The van der Waals surface area contributed by atoms with Crippen molar-refractivity contribution in [3.05, 3.63) is 0 Å². The zero-order valence-electron chi connectivity index (χ0n) is 10.0.